The fraction of sp³-hybridized carbons (Fsp3) is 0.190. The number of benzene rings is 1. The van der Waals surface area contributed by atoms with Crippen LogP contribution >= 0.6 is 23.1 Å². The zero-order chi connectivity index (χ0) is 21.8. The number of amides is 1. The van der Waals surface area contributed by atoms with E-state index in [1.165, 1.54) is 23.1 Å². The molecule has 0 spiro atoms. The topological polar surface area (TPSA) is 94.8 Å². The van der Waals surface area contributed by atoms with Gasteiger partial charge in [-0.15, -0.1) is 21.5 Å². The zero-order valence-electron chi connectivity index (χ0n) is 17.2. The van der Waals surface area contributed by atoms with Crippen LogP contribution < -0.4 is 10.1 Å². The highest BCUT2D eigenvalue weighted by Gasteiger charge is 2.11. The Labute approximate surface area is 187 Å². The Morgan fingerprint density at radius 1 is 1.16 bits per heavy atom. The van der Waals surface area contributed by atoms with Gasteiger partial charge in [-0.25, -0.2) is 9.67 Å². The van der Waals surface area contributed by atoms with Crippen molar-refractivity contribution in [3.05, 3.63) is 59.2 Å². The van der Waals surface area contributed by atoms with Crippen molar-refractivity contribution in [1.29, 1.82) is 0 Å². The summed E-state index contributed by atoms with van der Waals surface area (Å²) in [6.45, 7) is 3.90. The molecular formula is C21H20N6O2S2. The van der Waals surface area contributed by atoms with Crippen LogP contribution in [0.5, 0.6) is 5.75 Å². The maximum atomic E-state index is 12.3. The summed E-state index contributed by atoms with van der Waals surface area (Å²) in [5, 5.41) is 18.8. The predicted octanol–water partition coefficient (Wildman–Crippen LogP) is 4.14. The molecule has 1 amide bonds. The van der Waals surface area contributed by atoms with E-state index in [1.54, 1.807) is 11.8 Å². The van der Waals surface area contributed by atoms with Crippen molar-refractivity contribution in [1.82, 2.24) is 25.0 Å². The molecule has 4 rings (SSSR count). The molecule has 0 fully saturated rings. The first-order valence-electron chi connectivity index (χ1n) is 9.42. The fourth-order valence-corrected chi connectivity index (χ4v) is 4.23. The van der Waals surface area contributed by atoms with Crippen LogP contribution in [-0.2, 0) is 4.79 Å². The highest BCUT2D eigenvalue weighted by atomic mass is 32.2. The van der Waals surface area contributed by atoms with Crippen LogP contribution in [0.2, 0.25) is 0 Å². The van der Waals surface area contributed by atoms with E-state index < -0.39 is 0 Å². The van der Waals surface area contributed by atoms with Gasteiger partial charge in [0.05, 0.1) is 24.3 Å². The molecule has 3 aromatic heterocycles. The second-order valence-electron chi connectivity index (χ2n) is 6.67. The summed E-state index contributed by atoms with van der Waals surface area (Å²) in [6, 6.07) is 13.3. The Bertz CT molecular complexity index is 1190. The predicted molar refractivity (Wildman–Crippen MR) is 122 cm³/mol. The number of anilines is 1. The van der Waals surface area contributed by atoms with Gasteiger partial charge in [0.25, 0.3) is 0 Å². The normalized spacial score (nSPS) is 10.8. The minimum atomic E-state index is -0.148. The number of rotatable bonds is 7. The molecule has 0 aliphatic rings. The molecule has 8 nitrogen and oxygen atoms in total. The van der Waals surface area contributed by atoms with E-state index in [0.29, 0.717) is 16.0 Å². The van der Waals surface area contributed by atoms with Crippen molar-refractivity contribution < 1.29 is 9.53 Å². The summed E-state index contributed by atoms with van der Waals surface area (Å²) in [7, 11) is 1.63. The highest BCUT2D eigenvalue weighted by molar-refractivity contribution is 7.99. The minimum absolute atomic E-state index is 0.148. The number of ether oxygens (including phenoxy) is 1. The first kappa shape index (κ1) is 21.0. The molecule has 1 N–H and O–H groups in total. The number of thiazole rings is 1. The zero-order valence-corrected chi connectivity index (χ0v) is 18.8. The molecule has 1 aromatic carbocycles. The van der Waals surface area contributed by atoms with Gasteiger partial charge in [-0.3, -0.25) is 4.79 Å². The van der Waals surface area contributed by atoms with Crippen molar-refractivity contribution in [3.8, 4) is 22.8 Å². The van der Waals surface area contributed by atoms with E-state index in [1.807, 2.05) is 61.7 Å². The lowest BCUT2D eigenvalue weighted by molar-refractivity contribution is -0.113. The third-order valence-corrected chi connectivity index (χ3v) is 6.02. The third-order valence-electron chi connectivity index (χ3n) is 4.34. The largest absolute Gasteiger partial charge is 0.497 e. The van der Waals surface area contributed by atoms with E-state index in [0.717, 1.165) is 28.4 Å². The Kier molecular flexibility index (Phi) is 6.28. The molecule has 0 atom stereocenters. The lowest BCUT2D eigenvalue weighted by atomic mass is 10.2. The number of carbonyl (C=O) groups is 1. The van der Waals surface area contributed by atoms with Crippen molar-refractivity contribution in [2.75, 3.05) is 18.2 Å². The Morgan fingerprint density at radius 3 is 2.61 bits per heavy atom. The van der Waals surface area contributed by atoms with E-state index >= 15 is 0 Å². The third kappa shape index (κ3) is 5.09. The van der Waals surface area contributed by atoms with Gasteiger partial charge in [0.15, 0.2) is 10.9 Å². The number of hydrogen-bond acceptors (Lipinski definition) is 8. The Balaban J connectivity index is 1.32. The Morgan fingerprint density at radius 2 is 1.97 bits per heavy atom. The average Bonchev–Trinajstić information content (AvgIpc) is 3.38. The van der Waals surface area contributed by atoms with Crippen LogP contribution in [0.25, 0.3) is 17.1 Å². The van der Waals surface area contributed by atoms with Crippen molar-refractivity contribution in [3.63, 3.8) is 0 Å². The number of hydrogen-bond donors (Lipinski definition) is 1. The molecule has 4 aromatic rings. The van der Waals surface area contributed by atoms with Crippen molar-refractivity contribution in [2.24, 2.45) is 0 Å². The number of nitrogens with one attached hydrogen (secondary N) is 1. The summed E-state index contributed by atoms with van der Waals surface area (Å²) in [4.78, 5) is 16.8. The first-order valence-corrected chi connectivity index (χ1v) is 11.3. The molecule has 3 heterocycles. The van der Waals surface area contributed by atoms with Gasteiger partial charge in [0.1, 0.15) is 10.8 Å². The minimum Gasteiger partial charge on any atom is -0.497 e. The summed E-state index contributed by atoms with van der Waals surface area (Å²) in [5.41, 5.74) is 3.68. The number of nitrogens with zero attached hydrogens (tertiary/aromatic N) is 5. The lowest BCUT2D eigenvalue weighted by Crippen LogP contribution is -2.14. The quantitative estimate of drug-likeness (QED) is 0.421. The number of carbonyl (C=O) groups excluding carboxylic acids is 1. The average molecular weight is 453 g/mol. The SMILES string of the molecule is COc1ccc(-c2csc(NC(=O)CSc3ccc(-n4nc(C)cc4C)nn3)n2)cc1. The first-order chi connectivity index (χ1) is 15.0. The van der Waals surface area contributed by atoms with E-state index in [-0.39, 0.29) is 11.7 Å². The standard InChI is InChI=1S/C21H20N6O2S2/c1-13-10-14(2)27(26-13)18-8-9-20(25-24-18)30-12-19(28)23-21-22-17(11-31-21)15-4-6-16(29-3)7-5-15/h4-11H,12H2,1-3H3,(H,22,23,28). The van der Waals surface area contributed by atoms with Gasteiger partial charge < -0.3 is 10.1 Å². The van der Waals surface area contributed by atoms with E-state index in [9.17, 15) is 4.79 Å². The van der Waals surface area contributed by atoms with E-state index in [4.69, 9.17) is 4.74 Å². The van der Waals surface area contributed by atoms with Gasteiger partial charge >= 0.3 is 0 Å². The van der Waals surface area contributed by atoms with Crippen LogP contribution in [0, 0.1) is 13.8 Å². The summed E-state index contributed by atoms with van der Waals surface area (Å²) in [6.07, 6.45) is 0. The molecule has 0 unspecified atom stereocenters. The van der Waals surface area contributed by atoms with Gasteiger partial charge in [-0.2, -0.15) is 5.10 Å². The molecule has 31 heavy (non-hydrogen) atoms. The number of thioether (sulfide) groups is 1. The van der Waals surface area contributed by atoms with Crippen LogP contribution in [0.15, 0.2) is 52.9 Å². The highest BCUT2D eigenvalue weighted by Crippen LogP contribution is 2.26. The lowest BCUT2D eigenvalue weighted by Gasteiger charge is -2.04. The number of aryl methyl sites for hydroxylation is 2. The molecule has 10 heteroatoms. The maximum Gasteiger partial charge on any atom is 0.236 e. The summed E-state index contributed by atoms with van der Waals surface area (Å²) < 4.78 is 6.91. The van der Waals surface area contributed by atoms with Gasteiger partial charge in [-0.1, -0.05) is 11.8 Å². The maximum absolute atomic E-state index is 12.3. The Hall–Kier alpha value is -3.24. The summed E-state index contributed by atoms with van der Waals surface area (Å²) >= 11 is 2.70. The monoisotopic (exact) mass is 452 g/mol. The molecule has 0 radical (unpaired) electrons. The molecule has 0 bridgehead atoms. The molecule has 0 saturated carbocycles. The molecule has 0 aliphatic carbocycles. The van der Waals surface area contributed by atoms with E-state index in [2.05, 4.69) is 25.6 Å². The smallest absolute Gasteiger partial charge is 0.236 e. The fourth-order valence-electron chi connectivity index (χ4n) is 2.88. The van der Waals surface area contributed by atoms with Gasteiger partial charge in [0.2, 0.25) is 5.91 Å². The molecule has 0 aliphatic heterocycles. The van der Waals surface area contributed by atoms with Crippen molar-refractivity contribution in [2.45, 2.75) is 18.9 Å². The van der Waals surface area contributed by atoms with Gasteiger partial charge in [-0.05, 0) is 56.3 Å². The van der Waals surface area contributed by atoms with Crippen LogP contribution in [0.4, 0.5) is 5.13 Å². The number of methoxy groups -OCH3 is 1. The van der Waals surface area contributed by atoms with Crippen LogP contribution in [0.3, 0.4) is 0 Å². The van der Waals surface area contributed by atoms with Crippen LogP contribution in [0.1, 0.15) is 11.4 Å². The molecule has 158 valence electrons. The second-order valence-corrected chi connectivity index (χ2v) is 8.53. The summed E-state index contributed by atoms with van der Waals surface area (Å²) in [5.74, 6) is 1.50. The number of aromatic nitrogens is 5. The van der Waals surface area contributed by atoms with Crippen LogP contribution in [-0.4, -0.2) is 43.7 Å². The second kappa shape index (κ2) is 9.27. The molecular weight excluding hydrogens is 432 g/mol. The molecule has 0 saturated heterocycles. The van der Waals surface area contributed by atoms with Gasteiger partial charge in [0, 0.05) is 16.6 Å². The van der Waals surface area contributed by atoms with Crippen molar-refractivity contribution >= 4 is 34.1 Å².